The van der Waals surface area contributed by atoms with E-state index >= 15 is 0 Å². The molecular formula is C19H21N3O3. The van der Waals surface area contributed by atoms with Gasteiger partial charge in [0.05, 0.1) is 6.26 Å². The highest BCUT2D eigenvalue weighted by Gasteiger charge is 2.25. The number of hydrogen-bond acceptors (Lipinski definition) is 3. The molecule has 0 saturated heterocycles. The van der Waals surface area contributed by atoms with Gasteiger partial charge < -0.3 is 20.0 Å². The van der Waals surface area contributed by atoms with Crippen LogP contribution in [-0.2, 0) is 4.79 Å². The van der Waals surface area contributed by atoms with Gasteiger partial charge in [0, 0.05) is 22.8 Å². The Morgan fingerprint density at radius 3 is 2.68 bits per heavy atom. The summed E-state index contributed by atoms with van der Waals surface area (Å²) in [7, 11) is 0. The van der Waals surface area contributed by atoms with Gasteiger partial charge in [0.15, 0.2) is 5.76 Å². The predicted octanol–water partition coefficient (Wildman–Crippen LogP) is 3.46. The fraction of sp³-hybridized carbons (Fsp3) is 0.263. The number of hydrogen-bond donors (Lipinski definition) is 3. The first kappa shape index (κ1) is 16.8. The minimum absolute atomic E-state index is 0.0726. The molecule has 0 aliphatic heterocycles. The number of H-pyrrole nitrogens is 1. The third-order valence-electron chi connectivity index (χ3n) is 4.14. The molecule has 3 N–H and O–H groups in total. The molecule has 0 saturated carbocycles. The lowest BCUT2D eigenvalue weighted by atomic mass is 10.0. The Hall–Kier alpha value is -3.02. The number of rotatable bonds is 5. The largest absolute Gasteiger partial charge is 0.459 e. The molecule has 0 radical (unpaired) electrons. The van der Waals surface area contributed by atoms with E-state index < -0.39 is 11.9 Å². The molecule has 1 unspecified atom stereocenters. The Labute approximate surface area is 145 Å². The summed E-state index contributed by atoms with van der Waals surface area (Å²) >= 11 is 0. The molecule has 1 atom stereocenters. The first-order valence-electron chi connectivity index (χ1n) is 8.18. The van der Waals surface area contributed by atoms with Crippen molar-refractivity contribution in [3.63, 3.8) is 0 Å². The van der Waals surface area contributed by atoms with E-state index in [0.717, 1.165) is 16.5 Å². The van der Waals surface area contributed by atoms with Crippen molar-refractivity contribution < 1.29 is 14.0 Å². The van der Waals surface area contributed by atoms with Gasteiger partial charge in [-0.2, -0.15) is 0 Å². The topological polar surface area (TPSA) is 87.1 Å². The maximum atomic E-state index is 12.7. The number of carbonyl (C=O) groups is 2. The van der Waals surface area contributed by atoms with Crippen molar-refractivity contribution in [3.8, 4) is 0 Å². The van der Waals surface area contributed by atoms with Crippen molar-refractivity contribution in [1.29, 1.82) is 0 Å². The fourth-order valence-electron chi connectivity index (χ4n) is 2.71. The van der Waals surface area contributed by atoms with E-state index in [4.69, 9.17) is 4.42 Å². The van der Waals surface area contributed by atoms with Crippen LogP contribution in [0, 0.1) is 12.8 Å². The quantitative estimate of drug-likeness (QED) is 0.665. The Morgan fingerprint density at radius 1 is 1.20 bits per heavy atom. The second-order valence-corrected chi connectivity index (χ2v) is 6.39. The molecule has 130 valence electrons. The Kier molecular flexibility index (Phi) is 4.61. The molecule has 0 aliphatic rings. The zero-order valence-corrected chi connectivity index (χ0v) is 14.4. The van der Waals surface area contributed by atoms with Crippen molar-refractivity contribution in [2.45, 2.75) is 26.8 Å². The second kappa shape index (κ2) is 6.84. The summed E-state index contributed by atoms with van der Waals surface area (Å²) < 4.78 is 5.08. The molecule has 6 heteroatoms. The van der Waals surface area contributed by atoms with Crippen LogP contribution < -0.4 is 10.6 Å². The number of aromatic amines is 1. The van der Waals surface area contributed by atoms with Crippen LogP contribution in [0.5, 0.6) is 0 Å². The number of aryl methyl sites for hydroxylation is 1. The number of aromatic nitrogens is 1. The van der Waals surface area contributed by atoms with Crippen LogP contribution in [0.1, 0.15) is 30.0 Å². The van der Waals surface area contributed by atoms with Gasteiger partial charge in [-0.1, -0.05) is 13.8 Å². The van der Waals surface area contributed by atoms with Gasteiger partial charge in [0.2, 0.25) is 5.91 Å². The van der Waals surface area contributed by atoms with E-state index in [1.54, 1.807) is 12.1 Å². The molecule has 6 nitrogen and oxygen atoms in total. The smallest absolute Gasteiger partial charge is 0.287 e. The van der Waals surface area contributed by atoms with Crippen LogP contribution in [0.25, 0.3) is 10.9 Å². The summed E-state index contributed by atoms with van der Waals surface area (Å²) in [4.78, 5) is 28.0. The van der Waals surface area contributed by atoms with Crippen LogP contribution in [0.2, 0.25) is 0 Å². The minimum Gasteiger partial charge on any atom is -0.459 e. The number of furan rings is 1. The molecule has 25 heavy (non-hydrogen) atoms. The summed E-state index contributed by atoms with van der Waals surface area (Å²) in [6, 6.07) is 8.21. The molecule has 3 aromatic rings. The molecule has 3 rings (SSSR count). The highest BCUT2D eigenvalue weighted by Crippen LogP contribution is 2.22. The SMILES string of the molecule is Cc1c[nH]c2ccc(NC(=O)C(NC(=O)c3ccco3)C(C)C)cc12. The number of anilines is 1. The standard InChI is InChI=1S/C19H21N3O3/c1-11(2)17(22-18(23)16-5-4-8-25-16)19(24)21-13-6-7-15-14(9-13)12(3)10-20-15/h4-11,17,20H,1-3H3,(H,21,24)(H,22,23). The molecule has 0 aliphatic carbocycles. The van der Waals surface area contributed by atoms with Gasteiger partial charge in [-0.05, 0) is 48.7 Å². The van der Waals surface area contributed by atoms with Crippen LogP contribution in [-0.4, -0.2) is 22.8 Å². The van der Waals surface area contributed by atoms with Gasteiger partial charge in [0.25, 0.3) is 5.91 Å². The van der Waals surface area contributed by atoms with Crippen molar-refractivity contribution >= 4 is 28.4 Å². The molecular weight excluding hydrogens is 318 g/mol. The summed E-state index contributed by atoms with van der Waals surface area (Å²) in [5.41, 5.74) is 2.82. The Bertz CT molecular complexity index is 894. The molecule has 0 spiro atoms. The summed E-state index contributed by atoms with van der Waals surface area (Å²) in [6.07, 6.45) is 3.35. The number of benzene rings is 1. The Morgan fingerprint density at radius 2 is 2.00 bits per heavy atom. The van der Waals surface area contributed by atoms with E-state index in [1.165, 1.54) is 6.26 Å². The van der Waals surface area contributed by atoms with Crippen LogP contribution >= 0.6 is 0 Å². The van der Waals surface area contributed by atoms with Crippen molar-refractivity contribution in [1.82, 2.24) is 10.3 Å². The number of amides is 2. The zero-order chi connectivity index (χ0) is 18.0. The van der Waals surface area contributed by atoms with E-state index in [-0.39, 0.29) is 17.6 Å². The molecule has 0 fully saturated rings. The summed E-state index contributed by atoms with van der Waals surface area (Å²) in [5.74, 6) is -0.558. The first-order chi connectivity index (χ1) is 12.0. The fourth-order valence-corrected chi connectivity index (χ4v) is 2.71. The lowest BCUT2D eigenvalue weighted by Gasteiger charge is -2.21. The van der Waals surface area contributed by atoms with Gasteiger partial charge in [-0.3, -0.25) is 9.59 Å². The zero-order valence-electron chi connectivity index (χ0n) is 14.4. The van der Waals surface area contributed by atoms with Crippen molar-refractivity contribution in [2.24, 2.45) is 5.92 Å². The van der Waals surface area contributed by atoms with Crippen LogP contribution in [0.3, 0.4) is 0 Å². The van der Waals surface area contributed by atoms with Crippen LogP contribution in [0.15, 0.2) is 47.2 Å². The second-order valence-electron chi connectivity index (χ2n) is 6.39. The third kappa shape index (κ3) is 3.57. The molecule has 2 aromatic heterocycles. The molecule has 2 amide bonds. The van der Waals surface area contributed by atoms with Crippen molar-refractivity contribution in [2.75, 3.05) is 5.32 Å². The van der Waals surface area contributed by atoms with E-state index in [9.17, 15) is 9.59 Å². The average molecular weight is 339 g/mol. The molecule has 0 bridgehead atoms. The third-order valence-corrected chi connectivity index (χ3v) is 4.14. The van der Waals surface area contributed by atoms with Gasteiger partial charge in [-0.15, -0.1) is 0 Å². The first-order valence-corrected chi connectivity index (χ1v) is 8.18. The highest BCUT2D eigenvalue weighted by atomic mass is 16.3. The molecule has 2 heterocycles. The number of nitrogens with one attached hydrogen (secondary N) is 3. The lowest BCUT2D eigenvalue weighted by molar-refractivity contribution is -0.118. The van der Waals surface area contributed by atoms with Gasteiger partial charge >= 0.3 is 0 Å². The molecule has 1 aromatic carbocycles. The van der Waals surface area contributed by atoms with Gasteiger partial charge in [0.1, 0.15) is 6.04 Å². The minimum atomic E-state index is -0.666. The van der Waals surface area contributed by atoms with E-state index in [0.29, 0.717) is 5.69 Å². The highest BCUT2D eigenvalue weighted by molar-refractivity contribution is 6.01. The maximum absolute atomic E-state index is 12.7. The monoisotopic (exact) mass is 339 g/mol. The van der Waals surface area contributed by atoms with E-state index in [2.05, 4.69) is 15.6 Å². The van der Waals surface area contributed by atoms with Crippen molar-refractivity contribution in [3.05, 3.63) is 54.1 Å². The number of fused-ring (bicyclic) bond motifs is 1. The summed E-state index contributed by atoms with van der Waals surface area (Å²) in [6.45, 7) is 5.77. The number of carbonyl (C=O) groups excluding carboxylic acids is 2. The lowest BCUT2D eigenvalue weighted by Crippen LogP contribution is -2.47. The van der Waals surface area contributed by atoms with Crippen LogP contribution in [0.4, 0.5) is 5.69 Å². The average Bonchev–Trinajstić information content (AvgIpc) is 3.23. The maximum Gasteiger partial charge on any atom is 0.287 e. The van der Waals surface area contributed by atoms with E-state index in [1.807, 2.05) is 45.2 Å². The normalized spacial score (nSPS) is 12.3. The Balaban J connectivity index is 1.75. The summed E-state index contributed by atoms with van der Waals surface area (Å²) in [5, 5.41) is 6.67. The predicted molar refractivity (Wildman–Crippen MR) is 96.5 cm³/mol. The van der Waals surface area contributed by atoms with Gasteiger partial charge in [-0.25, -0.2) is 0 Å².